The SMILES string of the molecule is CCN(CC)c1ccc(N=NC2C=C(C)C=CN2O)cc1. The van der Waals surface area contributed by atoms with Crippen LogP contribution in [0.4, 0.5) is 11.4 Å². The van der Waals surface area contributed by atoms with Gasteiger partial charge < -0.3 is 4.90 Å². The Balaban J connectivity index is 2.06. The number of azo groups is 1. The van der Waals surface area contributed by atoms with Gasteiger partial charge in [0.15, 0.2) is 6.17 Å². The van der Waals surface area contributed by atoms with Gasteiger partial charge in [-0.05, 0) is 62.8 Å². The zero-order valence-electron chi connectivity index (χ0n) is 12.8. The number of anilines is 1. The van der Waals surface area contributed by atoms with E-state index in [1.807, 2.05) is 43.3 Å². The van der Waals surface area contributed by atoms with Crippen LogP contribution in [0.1, 0.15) is 20.8 Å². The lowest BCUT2D eigenvalue weighted by Crippen LogP contribution is -2.25. The molecule has 1 N–H and O–H groups in total. The van der Waals surface area contributed by atoms with Crippen molar-refractivity contribution in [1.82, 2.24) is 5.06 Å². The van der Waals surface area contributed by atoms with E-state index in [0.717, 1.165) is 29.4 Å². The van der Waals surface area contributed by atoms with Crippen molar-refractivity contribution in [2.75, 3.05) is 18.0 Å². The third-order valence-corrected chi connectivity index (χ3v) is 3.44. The number of hydrogen-bond acceptors (Lipinski definition) is 5. The zero-order valence-corrected chi connectivity index (χ0v) is 12.8. The van der Waals surface area contributed by atoms with Crippen LogP contribution in [0.5, 0.6) is 0 Å². The molecular formula is C16H22N4O. The maximum absolute atomic E-state index is 9.69. The van der Waals surface area contributed by atoms with Crippen molar-refractivity contribution in [2.45, 2.75) is 26.9 Å². The third kappa shape index (κ3) is 3.92. The lowest BCUT2D eigenvalue weighted by Gasteiger charge is -2.21. The molecule has 0 aliphatic carbocycles. The topological polar surface area (TPSA) is 51.4 Å². The van der Waals surface area contributed by atoms with Gasteiger partial charge in [-0.3, -0.25) is 5.21 Å². The van der Waals surface area contributed by atoms with E-state index in [1.54, 1.807) is 6.20 Å². The lowest BCUT2D eigenvalue weighted by molar-refractivity contribution is -0.0651. The maximum Gasteiger partial charge on any atom is 0.184 e. The lowest BCUT2D eigenvalue weighted by atomic mass is 10.2. The van der Waals surface area contributed by atoms with E-state index in [4.69, 9.17) is 0 Å². The van der Waals surface area contributed by atoms with Crippen molar-refractivity contribution in [3.05, 3.63) is 48.2 Å². The van der Waals surface area contributed by atoms with Gasteiger partial charge in [0.2, 0.25) is 0 Å². The van der Waals surface area contributed by atoms with Gasteiger partial charge in [0.25, 0.3) is 0 Å². The van der Waals surface area contributed by atoms with E-state index < -0.39 is 6.17 Å². The van der Waals surface area contributed by atoms with Gasteiger partial charge in [0, 0.05) is 25.0 Å². The Kier molecular flexibility index (Phi) is 5.11. The minimum Gasteiger partial charge on any atom is -0.372 e. The van der Waals surface area contributed by atoms with Gasteiger partial charge in [-0.2, -0.15) is 10.2 Å². The van der Waals surface area contributed by atoms with E-state index >= 15 is 0 Å². The molecule has 0 amide bonds. The summed E-state index contributed by atoms with van der Waals surface area (Å²) in [6.45, 7) is 8.20. The first-order valence-electron chi connectivity index (χ1n) is 7.23. The Morgan fingerprint density at radius 2 is 1.86 bits per heavy atom. The predicted octanol–water partition coefficient (Wildman–Crippen LogP) is 4.11. The minimum absolute atomic E-state index is 0.461. The third-order valence-electron chi connectivity index (χ3n) is 3.44. The number of hydroxylamine groups is 2. The molecule has 5 nitrogen and oxygen atoms in total. The van der Waals surface area contributed by atoms with Gasteiger partial charge in [-0.1, -0.05) is 0 Å². The van der Waals surface area contributed by atoms with Gasteiger partial charge in [-0.15, -0.1) is 0 Å². The first kappa shape index (κ1) is 15.3. The molecule has 1 heterocycles. The van der Waals surface area contributed by atoms with E-state index in [9.17, 15) is 5.21 Å². The average molecular weight is 286 g/mol. The Morgan fingerprint density at radius 3 is 2.48 bits per heavy atom. The highest BCUT2D eigenvalue weighted by Crippen LogP contribution is 2.21. The molecule has 1 aliphatic rings. The van der Waals surface area contributed by atoms with Crippen LogP contribution in [-0.2, 0) is 0 Å². The molecule has 0 saturated heterocycles. The smallest absolute Gasteiger partial charge is 0.184 e. The van der Waals surface area contributed by atoms with Crippen LogP contribution in [0.2, 0.25) is 0 Å². The summed E-state index contributed by atoms with van der Waals surface area (Å²) in [6.07, 6.45) is 4.80. The van der Waals surface area contributed by atoms with Gasteiger partial charge in [0.1, 0.15) is 0 Å². The highest BCUT2D eigenvalue weighted by atomic mass is 16.5. The van der Waals surface area contributed by atoms with Crippen LogP contribution in [0.3, 0.4) is 0 Å². The molecule has 0 aromatic heterocycles. The second-order valence-electron chi connectivity index (χ2n) is 4.92. The molecule has 1 aromatic carbocycles. The van der Waals surface area contributed by atoms with Crippen LogP contribution < -0.4 is 4.90 Å². The first-order valence-corrected chi connectivity index (χ1v) is 7.23. The summed E-state index contributed by atoms with van der Waals surface area (Å²) in [6, 6.07) is 7.96. The highest BCUT2D eigenvalue weighted by Gasteiger charge is 2.12. The van der Waals surface area contributed by atoms with Crippen molar-refractivity contribution in [1.29, 1.82) is 0 Å². The van der Waals surface area contributed by atoms with Crippen molar-refractivity contribution < 1.29 is 5.21 Å². The number of allylic oxidation sites excluding steroid dienone is 2. The molecular weight excluding hydrogens is 264 g/mol. The maximum atomic E-state index is 9.69. The number of rotatable bonds is 5. The summed E-state index contributed by atoms with van der Waals surface area (Å²) >= 11 is 0. The first-order chi connectivity index (χ1) is 10.1. The Morgan fingerprint density at radius 1 is 1.19 bits per heavy atom. The molecule has 1 unspecified atom stereocenters. The number of hydrogen-bond donors (Lipinski definition) is 1. The van der Waals surface area contributed by atoms with Crippen LogP contribution in [0, 0.1) is 0 Å². The fourth-order valence-electron chi connectivity index (χ4n) is 2.18. The molecule has 0 fully saturated rings. The van der Waals surface area contributed by atoms with E-state index in [-0.39, 0.29) is 0 Å². The second-order valence-corrected chi connectivity index (χ2v) is 4.92. The van der Waals surface area contributed by atoms with Crippen LogP contribution in [0.25, 0.3) is 0 Å². The van der Waals surface area contributed by atoms with Crippen LogP contribution >= 0.6 is 0 Å². The van der Waals surface area contributed by atoms with Gasteiger partial charge in [0.05, 0.1) is 5.69 Å². The summed E-state index contributed by atoms with van der Waals surface area (Å²) in [5.41, 5.74) is 3.01. The minimum atomic E-state index is -0.461. The van der Waals surface area contributed by atoms with Gasteiger partial charge >= 0.3 is 0 Å². The Hall–Kier alpha value is -2.14. The van der Waals surface area contributed by atoms with Crippen molar-refractivity contribution in [3.63, 3.8) is 0 Å². The van der Waals surface area contributed by atoms with E-state index in [1.165, 1.54) is 5.69 Å². The highest BCUT2D eigenvalue weighted by molar-refractivity contribution is 5.52. The monoisotopic (exact) mass is 286 g/mol. The molecule has 2 rings (SSSR count). The Bertz CT molecular complexity index is 544. The average Bonchev–Trinajstić information content (AvgIpc) is 2.51. The largest absolute Gasteiger partial charge is 0.372 e. The van der Waals surface area contributed by atoms with Crippen LogP contribution in [0.15, 0.2) is 58.4 Å². The van der Waals surface area contributed by atoms with E-state index in [0.29, 0.717) is 0 Å². The fraction of sp³-hybridized carbons (Fsp3) is 0.375. The zero-order chi connectivity index (χ0) is 15.2. The molecule has 112 valence electrons. The van der Waals surface area contributed by atoms with E-state index in [2.05, 4.69) is 29.0 Å². The summed E-state index contributed by atoms with van der Waals surface area (Å²) in [7, 11) is 0. The molecule has 21 heavy (non-hydrogen) atoms. The molecule has 0 saturated carbocycles. The van der Waals surface area contributed by atoms with Crippen LogP contribution in [-0.4, -0.2) is 29.5 Å². The molecule has 1 aromatic rings. The summed E-state index contributed by atoms with van der Waals surface area (Å²) < 4.78 is 0. The molecule has 5 heteroatoms. The molecule has 0 bridgehead atoms. The fourth-order valence-corrected chi connectivity index (χ4v) is 2.18. The summed E-state index contributed by atoms with van der Waals surface area (Å²) in [5, 5.41) is 19.1. The van der Waals surface area contributed by atoms with Gasteiger partial charge in [-0.25, -0.2) is 5.06 Å². The molecule has 0 spiro atoms. The number of nitrogens with zero attached hydrogens (tertiary/aromatic N) is 4. The van der Waals surface area contributed by atoms with Crippen molar-refractivity contribution >= 4 is 11.4 Å². The van der Waals surface area contributed by atoms with Crippen molar-refractivity contribution in [3.8, 4) is 0 Å². The van der Waals surface area contributed by atoms with Crippen molar-refractivity contribution in [2.24, 2.45) is 10.2 Å². The molecule has 1 atom stereocenters. The standard InChI is InChI=1S/C16H22N4O/c1-4-19(5-2)15-8-6-14(7-9-15)17-18-16-12-13(3)10-11-20(16)21/h6-12,16,21H,4-5H2,1-3H3. The summed E-state index contributed by atoms with van der Waals surface area (Å²) in [5.74, 6) is 0. The Labute approximate surface area is 125 Å². The number of benzene rings is 1. The predicted molar refractivity (Wildman–Crippen MR) is 84.8 cm³/mol. The molecule has 0 radical (unpaired) electrons. The second kappa shape index (κ2) is 7.04. The normalized spacial score (nSPS) is 18.2. The molecule has 1 aliphatic heterocycles. The quantitative estimate of drug-likeness (QED) is 0.829. The summed E-state index contributed by atoms with van der Waals surface area (Å²) in [4.78, 5) is 2.27.